The van der Waals surface area contributed by atoms with Crippen molar-refractivity contribution in [1.82, 2.24) is 5.32 Å². The van der Waals surface area contributed by atoms with Crippen LogP contribution in [0.25, 0.3) is 0 Å². The number of phenols is 1. The standard InChI is InChI=1S/C23H21ClN2O/c1-15-10-12-16(13-11-15)20-14-21(18-7-3-5-9-22(18)27)26-23(25-20)17-6-2-4-8-19(17)24/h2-13,21,23,26-27H,14H2,1H3/t21-,23+/m0/s1. The summed E-state index contributed by atoms with van der Waals surface area (Å²) in [5, 5.41) is 14.6. The van der Waals surface area contributed by atoms with E-state index in [1.807, 2.05) is 42.5 Å². The topological polar surface area (TPSA) is 44.6 Å². The predicted octanol–water partition coefficient (Wildman–Crippen LogP) is 5.58. The van der Waals surface area contributed by atoms with Gasteiger partial charge in [-0.1, -0.05) is 77.8 Å². The highest BCUT2D eigenvalue weighted by atomic mass is 35.5. The first kappa shape index (κ1) is 17.8. The summed E-state index contributed by atoms with van der Waals surface area (Å²) in [6, 6.07) is 23.5. The molecule has 0 radical (unpaired) electrons. The van der Waals surface area contributed by atoms with Gasteiger partial charge in [-0.25, -0.2) is 0 Å². The van der Waals surface area contributed by atoms with E-state index in [4.69, 9.17) is 16.6 Å². The Labute approximate surface area is 164 Å². The molecular weight excluding hydrogens is 356 g/mol. The molecule has 3 aromatic carbocycles. The lowest BCUT2D eigenvalue weighted by Gasteiger charge is -2.31. The molecular formula is C23H21ClN2O. The van der Waals surface area contributed by atoms with Crippen LogP contribution in [0.15, 0.2) is 77.8 Å². The van der Waals surface area contributed by atoms with Crippen molar-refractivity contribution in [2.75, 3.05) is 0 Å². The number of hydrogen-bond acceptors (Lipinski definition) is 3. The minimum absolute atomic E-state index is 0.0544. The molecule has 3 nitrogen and oxygen atoms in total. The Hall–Kier alpha value is -2.62. The summed E-state index contributed by atoms with van der Waals surface area (Å²) in [6.07, 6.45) is 0.426. The van der Waals surface area contributed by atoms with E-state index in [9.17, 15) is 5.11 Å². The number of para-hydroxylation sites is 1. The molecule has 27 heavy (non-hydrogen) atoms. The number of hydrogen-bond donors (Lipinski definition) is 2. The minimum Gasteiger partial charge on any atom is -0.508 e. The van der Waals surface area contributed by atoms with Crippen LogP contribution in [-0.2, 0) is 0 Å². The highest BCUT2D eigenvalue weighted by Crippen LogP contribution is 2.35. The van der Waals surface area contributed by atoms with E-state index in [0.29, 0.717) is 11.4 Å². The highest BCUT2D eigenvalue weighted by molar-refractivity contribution is 6.31. The van der Waals surface area contributed by atoms with E-state index in [1.165, 1.54) is 5.56 Å². The Kier molecular flexibility index (Phi) is 4.97. The summed E-state index contributed by atoms with van der Waals surface area (Å²) in [4.78, 5) is 4.96. The smallest absolute Gasteiger partial charge is 0.127 e. The van der Waals surface area contributed by atoms with Crippen LogP contribution in [0.5, 0.6) is 5.75 Å². The Balaban J connectivity index is 1.78. The maximum absolute atomic E-state index is 10.4. The number of benzene rings is 3. The minimum atomic E-state index is -0.270. The first-order valence-corrected chi connectivity index (χ1v) is 9.41. The zero-order valence-corrected chi connectivity index (χ0v) is 15.8. The number of halogens is 1. The van der Waals surface area contributed by atoms with Gasteiger partial charge in [0.2, 0.25) is 0 Å². The van der Waals surface area contributed by atoms with Gasteiger partial charge in [0.1, 0.15) is 11.9 Å². The molecule has 0 saturated heterocycles. The second-order valence-corrected chi connectivity index (χ2v) is 7.26. The van der Waals surface area contributed by atoms with Gasteiger partial charge in [-0.3, -0.25) is 10.3 Å². The third-order valence-corrected chi connectivity index (χ3v) is 5.28. The van der Waals surface area contributed by atoms with Crippen molar-refractivity contribution in [3.05, 3.63) is 100 Å². The van der Waals surface area contributed by atoms with Gasteiger partial charge in [-0.2, -0.15) is 0 Å². The second kappa shape index (κ2) is 7.55. The number of nitrogens with zero attached hydrogens (tertiary/aromatic N) is 1. The van der Waals surface area contributed by atoms with Crippen LogP contribution in [0.4, 0.5) is 0 Å². The van der Waals surface area contributed by atoms with Crippen LogP contribution in [0.3, 0.4) is 0 Å². The second-order valence-electron chi connectivity index (χ2n) is 6.85. The fraction of sp³-hybridized carbons (Fsp3) is 0.174. The lowest BCUT2D eigenvalue weighted by molar-refractivity contribution is 0.413. The van der Waals surface area contributed by atoms with Crippen LogP contribution in [0.1, 0.15) is 40.9 Å². The largest absolute Gasteiger partial charge is 0.508 e. The molecule has 0 unspecified atom stereocenters. The number of aromatic hydroxyl groups is 1. The predicted molar refractivity (Wildman–Crippen MR) is 111 cm³/mol. The molecule has 3 aromatic rings. The Morgan fingerprint density at radius 1 is 0.926 bits per heavy atom. The number of aryl methyl sites for hydroxylation is 1. The lowest BCUT2D eigenvalue weighted by atomic mass is 9.93. The third-order valence-electron chi connectivity index (χ3n) is 4.94. The van der Waals surface area contributed by atoms with E-state index in [0.717, 1.165) is 22.4 Å². The average molecular weight is 377 g/mol. The quantitative estimate of drug-likeness (QED) is 0.627. The van der Waals surface area contributed by atoms with E-state index in [-0.39, 0.29) is 18.0 Å². The maximum Gasteiger partial charge on any atom is 0.127 e. The van der Waals surface area contributed by atoms with Crippen molar-refractivity contribution in [3.63, 3.8) is 0 Å². The molecule has 1 aliphatic heterocycles. The third kappa shape index (κ3) is 3.75. The Morgan fingerprint density at radius 2 is 1.59 bits per heavy atom. The van der Waals surface area contributed by atoms with E-state index >= 15 is 0 Å². The maximum atomic E-state index is 10.4. The molecule has 0 aliphatic carbocycles. The van der Waals surface area contributed by atoms with Crippen molar-refractivity contribution >= 4 is 17.3 Å². The molecule has 4 heteroatoms. The van der Waals surface area contributed by atoms with Crippen molar-refractivity contribution in [3.8, 4) is 5.75 Å². The molecule has 4 rings (SSSR count). The van der Waals surface area contributed by atoms with E-state index in [1.54, 1.807) is 6.07 Å². The van der Waals surface area contributed by atoms with Crippen molar-refractivity contribution in [2.45, 2.75) is 25.6 Å². The first-order valence-electron chi connectivity index (χ1n) is 9.04. The molecule has 2 atom stereocenters. The SMILES string of the molecule is Cc1ccc(C2=N[C@@H](c3ccccc3Cl)N[C@H](c3ccccc3O)C2)cc1. The number of nitrogens with one attached hydrogen (secondary N) is 1. The number of rotatable bonds is 3. The molecule has 0 spiro atoms. The van der Waals surface area contributed by atoms with E-state index in [2.05, 4.69) is 36.5 Å². The van der Waals surface area contributed by atoms with Gasteiger partial charge >= 0.3 is 0 Å². The van der Waals surface area contributed by atoms with Crippen LogP contribution < -0.4 is 5.32 Å². The fourth-order valence-electron chi connectivity index (χ4n) is 3.47. The number of aliphatic imine (C=N–C) groups is 1. The van der Waals surface area contributed by atoms with Crippen molar-refractivity contribution in [2.24, 2.45) is 4.99 Å². The Bertz CT molecular complexity index is 982. The average Bonchev–Trinajstić information content (AvgIpc) is 2.69. The molecule has 2 N–H and O–H groups in total. The van der Waals surface area contributed by atoms with Crippen molar-refractivity contribution < 1.29 is 5.11 Å². The molecule has 0 bridgehead atoms. The molecule has 1 heterocycles. The van der Waals surface area contributed by atoms with Crippen LogP contribution in [0, 0.1) is 6.92 Å². The normalized spacial score (nSPS) is 19.6. The van der Waals surface area contributed by atoms with Crippen LogP contribution in [-0.4, -0.2) is 10.8 Å². The Morgan fingerprint density at radius 3 is 2.30 bits per heavy atom. The van der Waals surface area contributed by atoms with Crippen LogP contribution >= 0.6 is 11.6 Å². The zero-order chi connectivity index (χ0) is 18.8. The van der Waals surface area contributed by atoms with Gasteiger partial charge in [0.15, 0.2) is 0 Å². The monoisotopic (exact) mass is 376 g/mol. The molecule has 0 amide bonds. The summed E-state index contributed by atoms with van der Waals surface area (Å²) in [5.41, 5.74) is 5.12. The molecule has 0 fully saturated rings. The van der Waals surface area contributed by atoms with Crippen molar-refractivity contribution in [1.29, 1.82) is 0 Å². The summed E-state index contributed by atoms with van der Waals surface area (Å²) in [7, 11) is 0. The van der Waals surface area contributed by atoms with E-state index < -0.39 is 0 Å². The first-order chi connectivity index (χ1) is 13.1. The summed E-state index contributed by atoms with van der Waals surface area (Å²) < 4.78 is 0. The number of phenolic OH excluding ortho intramolecular Hbond substituents is 1. The van der Waals surface area contributed by atoms with Crippen LogP contribution in [0.2, 0.25) is 5.02 Å². The lowest BCUT2D eigenvalue weighted by Crippen LogP contribution is -2.33. The van der Waals surface area contributed by atoms with Gasteiger partial charge in [0.05, 0.1) is 0 Å². The molecule has 1 aliphatic rings. The summed E-state index contributed by atoms with van der Waals surface area (Å²) in [6.45, 7) is 2.07. The summed E-state index contributed by atoms with van der Waals surface area (Å²) >= 11 is 6.44. The highest BCUT2D eigenvalue weighted by Gasteiger charge is 2.28. The van der Waals surface area contributed by atoms with Gasteiger partial charge < -0.3 is 5.11 Å². The van der Waals surface area contributed by atoms with Gasteiger partial charge in [0, 0.05) is 34.3 Å². The fourth-order valence-corrected chi connectivity index (χ4v) is 3.70. The molecule has 0 aromatic heterocycles. The van der Waals surface area contributed by atoms with Gasteiger partial charge in [-0.15, -0.1) is 0 Å². The zero-order valence-electron chi connectivity index (χ0n) is 15.1. The molecule has 136 valence electrons. The summed E-state index contributed by atoms with van der Waals surface area (Å²) in [5.74, 6) is 0.290. The molecule has 0 saturated carbocycles. The van der Waals surface area contributed by atoms with Gasteiger partial charge in [0.25, 0.3) is 0 Å². The van der Waals surface area contributed by atoms with Gasteiger partial charge in [-0.05, 0) is 24.6 Å².